The highest BCUT2D eigenvalue weighted by molar-refractivity contribution is 7.17. The first-order valence-corrected chi connectivity index (χ1v) is 11.5. The van der Waals surface area contributed by atoms with E-state index in [1.165, 1.54) is 48.0 Å². The summed E-state index contributed by atoms with van der Waals surface area (Å²) in [4.78, 5) is 33.2. The van der Waals surface area contributed by atoms with Crippen molar-refractivity contribution < 1.29 is 31.8 Å². The summed E-state index contributed by atoms with van der Waals surface area (Å²) >= 11 is 1.32. The molecule has 0 saturated heterocycles. The van der Waals surface area contributed by atoms with Crippen LogP contribution in [0.2, 0.25) is 0 Å². The zero-order valence-corrected chi connectivity index (χ0v) is 19.6. The molecular weight excluding hydrogens is 530 g/mol. The van der Waals surface area contributed by atoms with Crippen molar-refractivity contribution in [2.45, 2.75) is 6.36 Å². The van der Waals surface area contributed by atoms with E-state index in [-0.39, 0.29) is 23.0 Å². The lowest BCUT2D eigenvalue weighted by atomic mass is 10.2. The van der Waals surface area contributed by atoms with Gasteiger partial charge in [0.15, 0.2) is 23.0 Å². The maximum atomic E-state index is 14.8. The third kappa shape index (κ3) is 5.29. The highest BCUT2D eigenvalue weighted by atomic mass is 32.1. The highest BCUT2D eigenvalue weighted by Crippen LogP contribution is 2.32. The molecule has 3 heterocycles. The number of carbonyl (C=O) groups excluding carboxylic acids is 1. The largest absolute Gasteiger partial charge is 0.573 e. The molecule has 0 aliphatic heterocycles. The molecule has 9 nitrogen and oxygen atoms in total. The molecule has 0 aliphatic rings. The van der Waals surface area contributed by atoms with E-state index in [1.807, 2.05) is 0 Å². The summed E-state index contributed by atoms with van der Waals surface area (Å²) in [5.41, 5.74) is -1.01. The molecule has 0 bridgehead atoms. The average molecular weight is 543 g/mol. The van der Waals surface area contributed by atoms with Crippen molar-refractivity contribution in [1.82, 2.24) is 19.7 Å². The summed E-state index contributed by atoms with van der Waals surface area (Å²) < 4.78 is 64.2. The second kappa shape index (κ2) is 9.89. The van der Waals surface area contributed by atoms with E-state index in [9.17, 15) is 27.2 Å². The van der Waals surface area contributed by atoms with Crippen LogP contribution in [0.5, 0.6) is 17.4 Å². The van der Waals surface area contributed by atoms with E-state index in [2.05, 4.69) is 25.1 Å². The van der Waals surface area contributed by atoms with Gasteiger partial charge in [-0.3, -0.25) is 9.59 Å². The first-order chi connectivity index (χ1) is 18.2. The standard InChI is InChI=1S/C24H13F4N5O4S/c25-14-11-13(5-6-18(14)36-23-21-15(8-10-38-21)29-12-30-23)31-22(35)20-17(34)7-9-33(32-20)16-3-1-2-4-19(16)37-24(26,27)28/h1-12H,(H,31,35). The number of carbonyl (C=O) groups is 1. The Bertz CT molecular complexity index is 1720. The lowest BCUT2D eigenvalue weighted by Crippen LogP contribution is -2.26. The number of nitrogens with one attached hydrogen (secondary N) is 1. The Morgan fingerprint density at radius 3 is 2.63 bits per heavy atom. The topological polar surface area (TPSA) is 108 Å². The maximum Gasteiger partial charge on any atom is 0.573 e. The fourth-order valence-electron chi connectivity index (χ4n) is 3.35. The van der Waals surface area contributed by atoms with Crippen molar-refractivity contribution in [3.8, 4) is 23.1 Å². The summed E-state index contributed by atoms with van der Waals surface area (Å²) in [7, 11) is 0. The molecule has 0 fully saturated rings. The average Bonchev–Trinajstić information content (AvgIpc) is 3.35. The zero-order valence-electron chi connectivity index (χ0n) is 18.8. The predicted molar refractivity (Wildman–Crippen MR) is 128 cm³/mol. The third-order valence-electron chi connectivity index (χ3n) is 4.97. The number of aromatic nitrogens is 4. The monoisotopic (exact) mass is 543 g/mol. The van der Waals surface area contributed by atoms with Crippen molar-refractivity contribution in [2.75, 3.05) is 5.32 Å². The zero-order chi connectivity index (χ0) is 26.9. The number of ether oxygens (including phenoxy) is 2. The summed E-state index contributed by atoms with van der Waals surface area (Å²) in [5, 5.41) is 7.99. The summed E-state index contributed by atoms with van der Waals surface area (Å²) in [6.07, 6.45) is -2.61. The van der Waals surface area contributed by atoms with E-state index in [1.54, 1.807) is 11.4 Å². The van der Waals surface area contributed by atoms with Gasteiger partial charge in [-0.15, -0.1) is 24.5 Å². The van der Waals surface area contributed by atoms with Gasteiger partial charge in [0, 0.05) is 24.0 Å². The van der Waals surface area contributed by atoms with Crippen molar-refractivity contribution in [1.29, 1.82) is 0 Å². The van der Waals surface area contributed by atoms with Crippen LogP contribution in [0.25, 0.3) is 15.9 Å². The van der Waals surface area contributed by atoms with Gasteiger partial charge in [-0.25, -0.2) is 19.0 Å². The van der Waals surface area contributed by atoms with Crippen LogP contribution >= 0.6 is 11.3 Å². The summed E-state index contributed by atoms with van der Waals surface area (Å²) in [5.74, 6) is -2.45. The number of benzene rings is 2. The van der Waals surface area contributed by atoms with Gasteiger partial charge in [0.25, 0.3) is 5.91 Å². The SMILES string of the molecule is O=C(Nc1ccc(Oc2ncnc3ccsc23)c(F)c1)c1nn(-c2ccccc2OC(F)(F)F)ccc1=O. The molecule has 3 aromatic heterocycles. The Kier molecular flexibility index (Phi) is 6.46. The van der Waals surface area contributed by atoms with Crippen LogP contribution < -0.4 is 20.2 Å². The van der Waals surface area contributed by atoms with Gasteiger partial charge in [0.1, 0.15) is 16.7 Å². The molecule has 1 N–H and O–H groups in total. The molecular formula is C24H13F4N5O4S. The Balaban J connectivity index is 1.38. The summed E-state index contributed by atoms with van der Waals surface area (Å²) in [6.45, 7) is 0. The van der Waals surface area contributed by atoms with Crippen LogP contribution in [0, 0.1) is 5.82 Å². The first-order valence-electron chi connectivity index (χ1n) is 10.6. The van der Waals surface area contributed by atoms with Gasteiger partial charge in [0.05, 0.1) is 5.52 Å². The summed E-state index contributed by atoms with van der Waals surface area (Å²) in [6, 6.07) is 11.3. The van der Waals surface area contributed by atoms with Crippen LogP contribution in [0.4, 0.5) is 23.2 Å². The predicted octanol–water partition coefficient (Wildman–Crippen LogP) is 5.32. The number of rotatable bonds is 6. The van der Waals surface area contributed by atoms with Gasteiger partial charge >= 0.3 is 6.36 Å². The molecule has 14 heteroatoms. The molecule has 0 aliphatic carbocycles. The van der Waals surface area contributed by atoms with Crippen LogP contribution in [0.15, 0.2) is 77.3 Å². The minimum absolute atomic E-state index is 0.0267. The lowest BCUT2D eigenvalue weighted by molar-refractivity contribution is -0.274. The molecule has 5 aromatic rings. The van der Waals surface area contributed by atoms with Crippen molar-refractivity contribution in [3.63, 3.8) is 0 Å². The second-order valence-corrected chi connectivity index (χ2v) is 8.42. The molecule has 38 heavy (non-hydrogen) atoms. The molecule has 0 spiro atoms. The minimum Gasteiger partial charge on any atom is -0.434 e. The van der Waals surface area contributed by atoms with Crippen LogP contribution in [-0.4, -0.2) is 32.0 Å². The molecule has 5 rings (SSSR count). The van der Waals surface area contributed by atoms with E-state index < -0.39 is 35.0 Å². The fraction of sp³-hybridized carbons (Fsp3) is 0.0417. The van der Waals surface area contributed by atoms with Gasteiger partial charge in [-0.2, -0.15) is 5.10 Å². The molecule has 192 valence electrons. The first kappa shape index (κ1) is 24.8. The van der Waals surface area contributed by atoms with Gasteiger partial charge in [0.2, 0.25) is 11.3 Å². The van der Waals surface area contributed by atoms with Crippen molar-refractivity contribution >= 4 is 33.1 Å². The number of para-hydroxylation sites is 2. The number of amides is 1. The minimum atomic E-state index is -4.97. The Morgan fingerprint density at radius 2 is 1.84 bits per heavy atom. The number of fused-ring (bicyclic) bond motifs is 1. The Hall–Kier alpha value is -4.85. The van der Waals surface area contributed by atoms with Crippen LogP contribution in [0.3, 0.4) is 0 Å². The third-order valence-corrected chi connectivity index (χ3v) is 5.86. The Morgan fingerprint density at radius 1 is 1.03 bits per heavy atom. The molecule has 2 aromatic carbocycles. The number of thiophene rings is 1. The van der Waals surface area contributed by atoms with Gasteiger partial charge in [-0.05, 0) is 35.7 Å². The van der Waals surface area contributed by atoms with E-state index in [4.69, 9.17) is 4.74 Å². The molecule has 0 atom stereocenters. The normalized spacial score (nSPS) is 11.4. The maximum absolute atomic E-state index is 14.8. The van der Waals surface area contributed by atoms with E-state index in [0.717, 1.165) is 29.1 Å². The van der Waals surface area contributed by atoms with Crippen molar-refractivity contribution in [2.24, 2.45) is 0 Å². The molecule has 1 amide bonds. The smallest absolute Gasteiger partial charge is 0.434 e. The number of hydrogen-bond donors (Lipinski definition) is 1. The van der Waals surface area contributed by atoms with E-state index >= 15 is 0 Å². The lowest BCUT2D eigenvalue weighted by Gasteiger charge is -2.14. The molecule has 0 unspecified atom stereocenters. The number of hydrogen-bond acceptors (Lipinski definition) is 8. The quantitative estimate of drug-likeness (QED) is 0.289. The Labute approximate surface area is 213 Å². The number of alkyl halides is 3. The fourth-order valence-corrected chi connectivity index (χ4v) is 4.12. The number of anilines is 1. The van der Waals surface area contributed by atoms with Crippen molar-refractivity contribution in [3.05, 3.63) is 94.2 Å². The number of halogens is 4. The van der Waals surface area contributed by atoms with Gasteiger partial charge in [-0.1, -0.05) is 12.1 Å². The van der Waals surface area contributed by atoms with E-state index in [0.29, 0.717) is 10.2 Å². The second-order valence-electron chi connectivity index (χ2n) is 7.50. The number of nitrogens with zero attached hydrogens (tertiary/aromatic N) is 4. The highest BCUT2D eigenvalue weighted by Gasteiger charge is 2.32. The van der Waals surface area contributed by atoms with Gasteiger partial charge < -0.3 is 14.8 Å². The van der Waals surface area contributed by atoms with Crippen LogP contribution in [-0.2, 0) is 0 Å². The van der Waals surface area contributed by atoms with Crippen LogP contribution in [0.1, 0.15) is 10.5 Å². The molecule has 0 saturated carbocycles. The molecule has 0 radical (unpaired) electrons.